The van der Waals surface area contributed by atoms with E-state index in [1.165, 1.54) is 16.5 Å². The number of ether oxygens (including phenoxy) is 2. The van der Waals surface area contributed by atoms with Gasteiger partial charge in [-0.2, -0.15) is 0 Å². The van der Waals surface area contributed by atoms with Crippen molar-refractivity contribution in [1.29, 1.82) is 0 Å². The van der Waals surface area contributed by atoms with Gasteiger partial charge in [0.15, 0.2) is 8.32 Å². The molecule has 0 aliphatic rings. The second-order valence-electron chi connectivity index (χ2n) is 16.7. The number of aromatic nitrogens is 1. The Bertz CT molecular complexity index is 1290. The SMILES string of the molecule is COCCCc1c[nH]c2ccc(C(C)C(CC(NC(=O)OC(C)(C)C)C(CC(C(=O)O)C(C)C)O[Si](C)(C)C(C)(C)C)C(C)C)cc12. The van der Waals surface area contributed by atoms with Crippen LogP contribution in [0.1, 0.15) is 112 Å². The second-order valence-corrected chi connectivity index (χ2v) is 21.5. The van der Waals surface area contributed by atoms with Crippen molar-refractivity contribution in [3.05, 3.63) is 35.5 Å². The number of nitrogens with one attached hydrogen (secondary N) is 2. The van der Waals surface area contributed by atoms with E-state index in [0.29, 0.717) is 12.8 Å². The summed E-state index contributed by atoms with van der Waals surface area (Å²) in [5.74, 6) is -0.935. The number of hydrogen-bond donors (Lipinski definition) is 3. The largest absolute Gasteiger partial charge is 0.481 e. The van der Waals surface area contributed by atoms with Crippen LogP contribution in [-0.4, -0.2) is 61.9 Å². The molecular weight excluding hydrogens is 609 g/mol. The lowest BCUT2D eigenvalue weighted by molar-refractivity contribution is -0.144. The number of methoxy groups -OCH3 is 1. The second kappa shape index (κ2) is 16.8. The van der Waals surface area contributed by atoms with Gasteiger partial charge >= 0.3 is 12.1 Å². The molecular formula is C38H66N2O6Si. The molecule has 0 aliphatic carbocycles. The van der Waals surface area contributed by atoms with Crippen LogP contribution in [0.5, 0.6) is 0 Å². The molecule has 1 heterocycles. The first kappa shape index (κ1) is 40.8. The molecule has 0 saturated carbocycles. The summed E-state index contributed by atoms with van der Waals surface area (Å²) in [5, 5.41) is 14.6. The number of rotatable bonds is 17. The smallest absolute Gasteiger partial charge is 0.407 e. The fourth-order valence-corrected chi connectivity index (χ4v) is 7.58. The van der Waals surface area contributed by atoms with Gasteiger partial charge in [-0.05, 0) is 112 Å². The third-order valence-electron chi connectivity index (χ3n) is 10.1. The van der Waals surface area contributed by atoms with Crippen molar-refractivity contribution in [1.82, 2.24) is 10.3 Å². The van der Waals surface area contributed by atoms with Crippen LogP contribution < -0.4 is 5.32 Å². The van der Waals surface area contributed by atoms with Gasteiger partial charge in [0.2, 0.25) is 0 Å². The summed E-state index contributed by atoms with van der Waals surface area (Å²) in [6, 6.07) is 6.23. The summed E-state index contributed by atoms with van der Waals surface area (Å²) in [7, 11) is -0.640. The number of carbonyl (C=O) groups excluding carboxylic acids is 1. The Morgan fingerprint density at radius 2 is 1.62 bits per heavy atom. The molecule has 0 fully saturated rings. The van der Waals surface area contributed by atoms with E-state index >= 15 is 0 Å². The normalized spacial score (nSPS) is 16.3. The number of carboxylic acid groups (broad SMARTS) is 1. The molecule has 1 aromatic carbocycles. The number of hydrogen-bond acceptors (Lipinski definition) is 5. The Hall–Kier alpha value is -2.36. The quantitative estimate of drug-likeness (QED) is 0.114. The van der Waals surface area contributed by atoms with Gasteiger partial charge in [0.25, 0.3) is 0 Å². The number of fused-ring (bicyclic) bond motifs is 1. The van der Waals surface area contributed by atoms with Crippen LogP contribution in [0.15, 0.2) is 24.4 Å². The molecule has 0 saturated heterocycles. The Labute approximate surface area is 286 Å². The van der Waals surface area contributed by atoms with Crippen molar-refractivity contribution in [3.8, 4) is 0 Å². The lowest BCUT2D eigenvalue weighted by Crippen LogP contribution is -2.54. The standard InChI is InChI=1S/C38H66N2O6Si/c1-24(2)29(26(5)27-17-18-32-31(20-27)28(23-39-32)16-15-19-44-12)21-33(40-36(43)45-37(6,7)8)34(22-30(25(3)4)35(41)42)46-47(13,14)38(9,10)11/h17-18,20,23-26,29-30,33-34,39H,15-16,19,21-22H2,1-14H3,(H,40,43)(H,41,42). The molecule has 0 aliphatic heterocycles. The van der Waals surface area contributed by atoms with Gasteiger partial charge in [-0.3, -0.25) is 4.79 Å². The molecule has 1 aromatic heterocycles. The molecule has 2 rings (SSSR count). The zero-order valence-electron chi connectivity index (χ0n) is 31.9. The van der Waals surface area contributed by atoms with Crippen molar-refractivity contribution < 1.29 is 28.6 Å². The highest BCUT2D eigenvalue weighted by molar-refractivity contribution is 6.74. The van der Waals surface area contributed by atoms with Gasteiger partial charge < -0.3 is 29.3 Å². The fourth-order valence-electron chi connectivity index (χ4n) is 6.21. The topological polar surface area (TPSA) is 110 Å². The first-order valence-electron chi connectivity index (χ1n) is 17.6. The zero-order chi connectivity index (χ0) is 35.9. The van der Waals surface area contributed by atoms with Crippen LogP contribution in [0.25, 0.3) is 10.9 Å². The highest BCUT2D eigenvalue weighted by atomic mass is 28.4. The van der Waals surface area contributed by atoms with Crippen molar-refractivity contribution in [3.63, 3.8) is 0 Å². The van der Waals surface area contributed by atoms with Gasteiger partial charge in [-0.1, -0.05) is 61.5 Å². The number of carboxylic acids is 1. The summed E-state index contributed by atoms with van der Waals surface area (Å²) >= 11 is 0. The van der Waals surface area contributed by atoms with E-state index < -0.39 is 44.0 Å². The summed E-state index contributed by atoms with van der Waals surface area (Å²) in [6.07, 6.45) is 3.92. The van der Waals surface area contributed by atoms with E-state index in [2.05, 4.69) is 89.3 Å². The first-order valence-corrected chi connectivity index (χ1v) is 20.5. The molecule has 0 spiro atoms. The third kappa shape index (κ3) is 11.9. The lowest BCUT2D eigenvalue weighted by Gasteiger charge is -2.44. The molecule has 2 aromatic rings. The number of amides is 1. The minimum Gasteiger partial charge on any atom is -0.481 e. The van der Waals surface area contributed by atoms with Crippen LogP contribution in [0.3, 0.4) is 0 Å². The number of aliphatic carboxylic acids is 1. The van der Waals surface area contributed by atoms with E-state index in [0.717, 1.165) is 25.0 Å². The summed E-state index contributed by atoms with van der Waals surface area (Å²) in [5.41, 5.74) is 2.97. The van der Waals surface area contributed by atoms with Gasteiger partial charge in [0.1, 0.15) is 5.60 Å². The van der Waals surface area contributed by atoms with Crippen molar-refractivity contribution in [2.45, 2.75) is 144 Å². The lowest BCUT2D eigenvalue weighted by atomic mass is 9.75. The number of H-pyrrole nitrogens is 1. The highest BCUT2D eigenvalue weighted by Gasteiger charge is 2.43. The number of carbonyl (C=O) groups is 2. The van der Waals surface area contributed by atoms with E-state index in [4.69, 9.17) is 13.9 Å². The van der Waals surface area contributed by atoms with Gasteiger partial charge in [0, 0.05) is 30.8 Å². The molecule has 47 heavy (non-hydrogen) atoms. The van der Waals surface area contributed by atoms with Gasteiger partial charge in [0.05, 0.1) is 18.1 Å². The minimum atomic E-state index is -2.37. The maximum Gasteiger partial charge on any atom is 0.407 e. The van der Waals surface area contributed by atoms with Crippen molar-refractivity contribution in [2.24, 2.45) is 23.7 Å². The molecule has 1 amide bonds. The van der Waals surface area contributed by atoms with E-state index in [-0.39, 0.29) is 28.7 Å². The molecule has 3 N–H and O–H groups in total. The molecule has 0 bridgehead atoms. The number of aryl methyl sites for hydroxylation is 1. The fraction of sp³-hybridized carbons (Fsp3) is 0.737. The van der Waals surface area contributed by atoms with Crippen LogP contribution in [0.2, 0.25) is 18.1 Å². The molecule has 0 radical (unpaired) electrons. The maximum atomic E-state index is 13.4. The number of benzene rings is 1. The highest BCUT2D eigenvalue weighted by Crippen LogP contribution is 2.41. The molecule has 268 valence electrons. The zero-order valence-corrected chi connectivity index (χ0v) is 32.9. The van der Waals surface area contributed by atoms with Crippen LogP contribution in [0.4, 0.5) is 4.79 Å². The molecule has 9 heteroatoms. The predicted octanol–water partition coefficient (Wildman–Crippen LogP) is 9.54. The Morgan fingerprint density at radius 1 is 0.979 bits per heavy atom. The van der Waals surface area contributed by atoms with E-state index in [1.807, 2.05) is 34.6 Å². The van der Waals surface area contributed by atoms with Gasteiger partial charge in [-0.25, -0.2) is 4.79 Å². The third-order valence-corrected chi connectivity index (χ3v) is 14.7. The first-order chi connectivity index (χ1) is 21.6. The number of aromatic amines is 1. The van der Waals surface area contributed by atoms with E-state index in [1.54, 1.807) is 7.11 Å². The Kier molecular flexibility index (Phi) is 14.6. The monoisotopic (exact) mass is 674 g/mol. The average molecular weight is 675 g/mol. The summed E-state index contributed by atoms with van der Waals surface area (Å²) in [6.45, 7) is 27.8. The summed E-state index contributed by atoms with van der Waals surface area (Å²) in [4.78, 5) is 29.4. The maximum absolute atomic E-state index is 13.4. The molecule has 8 nitrogen and oxygen atoms in total. The number of alkyl carbamates (subject to hydrolysis) is 1. The summed E-state index contributed by atoms with van der Waals surface area (Å²) < 4.78 is 18.2. The van der Waals surface area contributed by atoms with Crippen LogP contribution in [0, 0.1) is 23.7 Å². The molecule has 5 unspecified atom stereocenters. The minimum absolute atomic E-state index is 0.0915. The Balaban J connectivity index is 2.61. The molecule has 5 atom stereocenters. The predicted molar refractivity (Wildman–Crippen MR) is 196 cm³/mol. The van der Waals surface area contributed by atoms with Gasteiger partial charge in [-0.15, -0.1) is 0 Å². The van der Waals surface area contributed by atoms with Crippen LogP contribution >= 0.6 is 0 Å². The van der Waals surface area contributed by atoms with Crippen molar-refractivity contribution in [2.75, 3.05) is 13.7 Å². The Morgan fingerprint density at radius 3 is 2.13 bits per heavy atom. The van der Waals surface area contributed by atoms with Crippen LogP contribution in [-0.2, 0) is 25.1 Å². The van der Waals surface area contributed by atoms with Crippen molar-refractivity contribution >= 4 is 31.3 Å². The van der Waals surface area contributed by atoms with E-state index in [9.17, 15) is 14.7 Å². The average Bonchev–Trinajstić information content (AvgIpc) is 3.32.